The molecule has 2 heterocycles. The van der Waals surface area contributed by atoms with Crippen molar-refractivity contribution in [1.29, 1.82) is 0 Å². The van der Waals surface area contributed by atoms with Crippen LogP contribution in [-0.4, -0.2) is 60.2 Å². The van der Waals surface area contributed by atoms with Crippen LogP contribution in [0.1, 0.15) is 29.8 Å². The Labute approximate surface area is 175 Å². The molecule has 0 spiro atoms. The van der Waals surface area contributed by atoms with Crippen LogP contribution in [0.15, 0.2) is 35.5 Å². The molecular weight excluding hydrogens is 396 g/mol. The van der Waals surface area contributed by atoms with Gasteiger partial charge in [-0.3, -0.25) is 4.79 Å². The normalized spacial score (nSPS) is 14.2. The zero-order chi connectivity index (χ0) is 19.9. The largest absolute Gasteiger partial charge is 0.378 e. The molecule has 1 aliphatic heterocycles. The van der Waals surface area contributed by atoms with Gasteiger partial charge in [0.25, 0.3) is 5.91 Å². The van der Waals surface area contributed by atoms with Crippen molar-refractivity contribution in [3.8, 4) is 0 Å². The van der Waals surface area contributed by atoms with E-state index in [0.717, 1.165) is 24.5 Å². The Hall–Kier alpha value is -1.83. The fourth-order valence-electron chi connectivity index (χ4n) is 3.05. The monoisotopic (exact) mass is 420 g/mol. The van der Waals surface area contributed by atoms with Crippen LogP contribution in [-0.2, 0) is 10.5 Å². The highest BCUT2D eigenvalue weighted by atomic mass is 35.5. The summed E-state index contributed by atoms with van der Waals surface area (Å²) in [5.41, 5.74) is 1.76. The molecule has 1 aromatic heterocycles. The molecule has 150 valence electrons. The van der Waals surface area contributed by atoms with Crippen LogP contribution in [0.5, 0.6) is 0 Å². The van der Waals surface area contributed by atoms with E-state index in [9.17, 15) is 4.79 Å². The average Bonchev–Trinajstić information content (AvgIpc) is 2.73. The zero-order valence-electron chi connectivity index (χ0n) is 16.2. The molecule has 0 bridgehead atoms. The summed E-state index contributed by atoms with van der Waals surface area (Å²) in [4.78, 5) is 25.6. The molecule has 1 fully saturated rings. The molecule has 0 aliphatic carbocycles. The van der Waals surface area contributed by atoms with Crippen molar-refractivity contribution in [2.75, 3.05) is 44.3 Å². The molecule has 0 unspecified atom stereocenters. The van der Waals surface area contributed by atoms with Gasteiger partial charge in [0.2, 0.25) is 0 Å². The van der Waals surface area contributed by atoms with Crippen LogP contribution >= 0.6 is 23.4 Å². The Morgan fingerprint density at radius 1 is 1.21 bits per heavy atom. The molecule has 0 radical (unpaired) electrons. The number of thioether (sulfide) groups is 1. The molecule has 1 aliphatic rings. The minimum absolute atomic E-state index is 0.0537. The number of hydrogen-bond donors (Lipinski definition) is 0. The van der Waals surface area contributed by atoms with E-state index in [1.165, 1.54) is 11.8 Å². The van der Waals surface area contributed by atoms with Crippen LogP contribution in [0.3, 0.4) is 0 Å². The minimum Gasteiger partial charge on any atom is -0.378 e. The fraction of sp³-hybridized carbons (Fsp3) is 0.450. The lowest BCUT2D eigenvalue weighted by Gasteiger charge is -2.27. The fourth-order valence-corrected chi connectivity index (χ4v) is 4.07. The molecule has 0 saturated carbocycles. The van der Waals surface area contributed by atoms with Crippen LogP contribution in [0.25, 0.3) is 0 Å². The lowest BCUT2D eigenvalue weighted by molar-refractivity contribution is 0.0303. The molecule has 6 nitrogen and oxygen atoms in total. The van der Waals surface area contributed by atoms with Gasteiger partial charge in [-0.1, -0.05) is 35.5 Å². The number of morpholine rings is 1. The van der Waals surface area contributed by atoms with Crippen molar-refractivity contribution in [2.45, 2.75) is 24.8 Å². The Kier molecular flexibility index (Phi) is 7.53. The Morgan fingerprint density at radius 2 is 1.96 bits per heavy atom. The maximum Gasteiger partial charge on any atom is 0.254 e. The zero-order valence-corrected chi connectivity index (χ0v) is 17.8. The Morgan fingerprint density at radius 3 is 2.68 bits per heavy atom. The number of anilines is 1. The van der Waals surface area contributed by atoms with E-state index in [1.54, 1.807) is 6.07 Å². The summed E-state index contributed by atoms with van der Waals surface area (Å²) in [6, 6.07) is 9.53. The van der Waals surface area contributed by atoms with E-state index >= 15 is 0 Å². The van der Waals surface area contributed by atoms with Crippen molar-refractivity contribution < 1.29 is 9.53 Å². The van der Waals surface area contributed by atoms with Gasteiger partial charge >= 0.3 is 0 Å². The van der Waals surface area contributed by atoms with Gasteiger partial charge in [0.1, 0.15) is 11.0 Å². The molecule has 3 rings (SSSR count). The number of carbonyl (C=O) groups excluding carboxylic acids is 1. The van der Waals surface area contributed by atoms with E-state index in [4.69, 9.17) is 16.3 Å². The van der Waals surface area contributed by atoms with E-state index in [-0.39, 0.29) is 5.91 Å². The third kappa shape index (κ3) is 5.37. The third-order valence-corrected chi connectivity index (χ3v) is 5.70. The molecule has 0 atom stereocenters. The number of hydrogen-bond acceptors (Lipinski definition) is 6. The second-order valence-electron chi connectivity index (χ2n) is 6.40. The van der Waals surface area contributed by atoms with Crippen LogP contribution in [0.2, 0.25) is 5.15 Å². The number of halogens is 1. The van der Waals surface area contributed by atoms with E-state index in [1.807, 2.05) is 29.2 Å². The predicted octanol–water partition coefficient (Wildman–Crippen LogP) is 3.74. The van der Waals surface area contributed by atoms with Crippen molar-refractivity contribution >= 4 is 35.1 Å². The topological polar surface area (TPSA) is 58.6 Å². The van der Waals surface area contributed by atoms with Crippen LogP contribution in [0.4, 0.5) is 5.82 Å². The van der Waals surface area contributed by atoms with Crippen molar-refractivity contribution in [1.82, 2.24) is 14.9 Å². The summed E-state index contributed by atoms with van der Waals surface area (Å²) in [6.07, 6.45) is 0. The smallest absolute Gasteiger partial charge is 0.254 e. The number of nitrogens with zero attached hydrogens (tertiary/aromatic N) is 4. The quantitative estimate of drug-likeness (QED) is 0.386. The molecule has 1 saturated heterocycles. The summed E-state index contributed by atoms with van der Waals surface area (Å²) in [6.45, 7) is 8.38. The standard InChI is InChI=1S/C20H25ClN4O2S/c1-3-24(4-2)18-13-17(21)22-20(23-18)28-14-15-6-5-7-16(12-15)19(26)25-8-10-27-11-9-25/h5-7,12-13H,3-4,8-11,14H2,1-2H3. The lowest BCUT2D eigenvalue weighted by Crippen LogP contribution is -2.40. The van der Waals surface area contributed by atoms with Crippen molar-refractivity contribution in [3.05, 3.63) is 46.6 Å². The molecular formula is C20H25ClN4O2S. The van der Waals surface area contributed by atoms with Crippen LogP contribution < -0.4 is 4.90 Å². The van der Waals surface area contributed by atoms with E-state index < -0.39 is 0 Å². The van der Waals surface area contributed by atoms with Gasteiger partial charge < -0.3 is 14.5 Å². The first-order valence-corrected chi connectivity index (χ1v) is 10.8. The first-order valence-electron chi connectivity index (χ1n) is 9.49. The summed E-state index contributed by atoms with van der Waals surface area (Å²) < 4.78 is 5.32. The number of aromatic nitrogens is 2. The molecule has 8 heteroatoms. The first-order chi connectivity index (χ1) is 13.6. The number of amides is 1. The summed E-state index contributed by atoms with van der Waals surface area (Å²) >= 11 is 7.71. The molecule has 2 aromatic rings. The number of benzene rings is 1. The van der Waals surface area contributed by atoms with Gasteiger partial charge in [-0.05, 0) is 31.5 Å². The summed E-state index contributed by atoms with van der Waals surface area (Å²) in [5, 5.41) is 1.08. The van der Waals surface area contributed by atoms with Gasteiger partial charge in [-0.25, -0.2) is 9.97 Å². The highest BCUT2D eigenvalue weighted by Gasteiger charge is 2.18. The van der Waals surface area contributed by atoms with Crippen LogP contribution in [0, 0.1) is 0 Å². The average molecular weight is 421 g/mol. The molecule has 1 aromatic carbocycles. The van der Waals surface area contributed by atoms with E-state index in [2.05, 4.69) is 28.7 Å². The van der Waals surface area contributed by atoms with Gasteiger partial charge in [-0.15, -0.1) is 0 Å². The molecule has 28 heavy (non-hydrogen) atoms. The molecule has 0 N–H and O–H groups in total. The van der Waals surface area contributed by atoms with E-state index in [0.29, 0.717) is 47.9 Å². The second kappa shape index (κ2) is 10.1. The highest BCUT2D eigenvalue weighted by molar-refractivity contribution is 7.98. The Bertz CT molecular complexity index is 811. The maximum atomic E-state index is 12.7. The summed E-state index contributed by atoms with van der Waals surface area (Å²) in [7, 11) is 0. The van der Waals surface area contributed by atoms with Crippen molar-refractivity contribution in [2.24, 2.45) is 0 Å². The predicted molar refractivity (Wildman–Crippen MR) is 113 cm³/mol. The van der Waals surface area contributed by atoms with Gasteiger partial charge in [0.05, 0.1) is 13.2 Å². The van der Waals surface area contributed by atoms with Gasteiger partial charge in [0, 0.05) is 43.6 Å². The number of rotatable bonds is 7. The SMILES string of the molecule is CCN(CC)c1cc(Cl)nc(SCc2cccc(C(=O)N3CCOCC3)c2)n1. The Balaban J connectivity index is 1.69. The summed E-state index contributed by atoms with van der Waals surface area (Å²) in [5.74, 6) is 1.56. The lowest BCUT2D eigenvalue weighted by atomic mass is 10.1. The third-order valence-electron chi connectivity index (χ3n) is 4.59. The first kappa shape index (κ1) is 20.9. The molecule has 1 amide bonds. The van der Waals surface area contributed by atoms with Gasteiger partial charge in [-0.2, -0.15) is 0 Å². The van der Waals surface area contributed by atoms with Gasteiger partial charge in [0.15, 0.2) is 5.16 Å². The maximum absolute atomic E-state index is 12.7. The minimum atomic E-state index is 0.0537. The van der Waals surface area contributed by atoms with Crippen molar-refractivity contribution in [3.63, 3.8) is 0 Å². The number of carbonyl (C=O) groups is 1. The number of ether oxygens (including phenoxy) is 1. The second-order valence-corrected chi connectivity index (χ2v) is 7.73. The highest BCUT2D eigenvalue weighted by Crippen LogP contribution is 2.25.